The second kappa shape index (κ2) is 436. The van der Waals surface area contributed by atoms with Gasteiger partial charge in [0.05, 0.1) is 0 Å². The minimum atomic E-state index is 0. The number of rotatable bonds is 0. The van der Waals surface area contributed by atoms with Crippen LogP contribution >= 0.6 is 0 Å². The molecule has 0 unspecified atom stereocenters. The number of hydrogen-bond acceptors (Lipinski definition) is 7. The molecule has 0 amide bonds. The van der Waals surface area contributed by atoms with Gasteiger partial charge in [-0.05, 0) is 0 Å². The normalized spacial score (nSPS) is 0. The van der Waals surface area contributed by atoms with Crippen LogP contribution in [0.25, 0.3) is 0 Å². The van der Waals surface area contributed by atoms with Gasteiger partial charge in [-0.2, -0.15) is 0 Å². The van der Waals surface area contributed by atoms with Gasteiger partial charge < -0.3 is 125 Å². The van der Waals surface area contributed by atoms with Crippen LogP contribution in [0.15, 0.2) is 0 Å². The summed E-state index contributed by atoms with van der Waals surface area (Å²) < 4.78 is 0. The van der Waals surface area contributed by atoms with Gasteiger partial charge in [-0.1, -0.05) is 0 Å². The monoisotopic (exact) mass is 598 g/mol. The van der Waals surface area contributed by atoms with Crippen molar-refractivity contribution < 1.29 is 178 Å². The molecule has 0 aliphatic heterocycles. The van der Waals surface area contributed by atoms with Gasteiger partial charge in [-0.25, -0.2) is 0 Å². The fraction of sp³-hybridized carbons (Fsp3) is 0. The minimum absolute atomic E-state index is 0. The van der Waals surface area contributed by atoms with E-state index in [2.05, 4.69) is 0 Å². The average Bonchev–Trinajstić information content (AvgIpc) is 0. The van der Waals surface area contributed by atoms with Crippen LogP contribution in [0.5, 0.6) is 0 Å². The third-order valence-electron chi connectivity index (χ3n) is 0. The van der Waals surface area contributed by atoms with E-state index in [1.54, 1.807) is 0 Å². The van der Waals surface area contributed by atoms with Crippen LogP contribution in [0.2, 0.25) is 0 Å². The molecule has 18 heavy (non-hydrogen) atoms. The summed E-state index contributed by atoms with van der Waals surface area (Å²) in [5.41, 5.74) is 0. The van der Waals surface area contributed by atoms with Crippen LogP contribution in [-0.2, 0) is 52.4 Å². The summed E-state index contributed by atoms with van der Waals surface area (Å²) in [7, 11) is 0. The quantitative estimate of drug-likeness (QED) is 0.244. The zero-order chi connectivity index (χ0) is 0. The van der Waals surface area contributed by atoms with Gasteiger partial charge in [-0.15, -0.1) is 0 Å². The van der Waals surface area contributed by atoms with Crippen molar-refractivity contribution in [2.45, 2.75) is 0 Å². The van der Waals surface area contributed by atoms with E-state index in [1.165, 1.54) is 0 Å². The predicted octanol–water partition coefficient (Wildman–Crippen LogP) is -23.0. The first-order valence-corrected chi connectivity index (χ1v) is 0. The van der Waals surface area contributed by atoms with Crippen molar-refractivity contribution in [1.82, 2.24) is 0 Å². The molecule has 0 aromatic carbocycles. The van der Waals surface area contributed by atoms with E-state index in [0.29, 0.717) is 0 Å². The molecule has 7 nitrogen and oxygen atoms in total. The number of hydrogen-bond donors (Lipinski definition) is 0. The average molecular weight is 604 g/mol. The van der Waals surface area contributed by atoms with Crippen LogP contribution in [0.4, 0.5) is 0 Å². The Hall–Kier alpha value is 4.58. The molecular weight excluding hydrogens is 597 g/mol. The fourth-order valence-electron chi connectivity index (χ4n) is 0. The van der Waals surface area contributed by atoms with Crippen LogP contribution in [0.3, 0.4) is 0 Å². The molecule has 0 aromatic rings. The zero-order valence-electron chi connectivity index (χ0n) is 7.93. The van der Waals surface area contributed by atoms with Crippen LogP contribution in [0, 0.1) is 0 Å². The van der Waals surface area contributed by atoms with E-state index in [-0.39, 0.29) is 212 Å². The van der Waals surface area contributed by atoms with Crippen molar-refractivity contribution >= 4 is 34.7 Å². The van der Waals surface area contributed by atoms with Gasteiger partial charge in [0.15, 0.2) is 0 Å². The molecule has 0 aromatic heterocycles. The van der Waals surface area contributed by atoms with Crippen molar-refractivity contribution in [2.24, 2.45) is 0 Å². The van der Waals surface area contributed by atoms with Crippen LogP contribution in [0.1, 0.15) is 0 Å². The predicted molar refractivity (Wildman–Crippen MR) is 25.1 cm³/mol. The molecule has 0 radical (unpaired) electrons. The van der Waals surface area contributed by atoms with Gasteiger partial charge in [0, 0.05) is 0 Å². The molecule has 112 valence electrons. The summed E-state index contributed by atoms with van der Waals surface area (Å²) in [4.78, 5) is 0. The second-order valence-corrected chi connectivity index (χ2v) is 0. The molecule has 0 aliphatic carbocycles. The molecule has 0 atom stereocenters. The molecule has 18 heteroatoms. The Morgan fingerprint density at radius 3 is 0.222 bits per heavy atom. The standard InChI is InChI=1S/2Al.7ClH.7H2O.2Zr/h;;7*1H;7*1H2;;/q2*+3;;;;;;;;;;;;;;;2*+4/p-14. The summed E-state index contributed by atoms with van der Waals surface area (Å²) >= 11 is 0. The van der Waals surface area contributed by atoms with Crippen molar-refractivity contribution in [3.05, 3.63) is 0 Å². The SMILES string of the molecule is [Al+3].[Al+3].[Cl-].[Cl-].[Cl-].[Cl-].[Cl-].[Cl-].[Cl-].[OH-].[OH-].[OH-].[OH-].[OH-].[OH-].[OH-].[Zr+4].[Zr+4]. The summed E-state index contributed by atoms with van der Waals surface area (Å²) in [5, 5.41) is 0. The Kier molecular flexibility index (Phi) is 12100. The number of halogens is 7. The van der Waals surface area contributed by atoms with Crippen LogP contribution in [-0.4, -0.2) is 73.1 Å². The Balaban J connectivity index is 0. The third kappa shape index (κ3) is 376. The topological polar surface area (TPSA) is 210 Å². The molecule has 0 fully saturated rings. The van der Waals surface area contributed by atoms with Gasteiger partial charge in [0.2, 0.25) is 0 Å². The fourth-order valence-corrected chi connectivity index (χ4v) is 0. The minimum Gasteiger partial charge on any atom is -1.00 e. The summed E-state index contributed by atoms with van der Waals surface area (Å²) in [6.45, 7) is 0. The van der Waals surface area contributed by atoms with E-state index in [9.17, 15) is 0 Å². The molecule has 0 spiro atoms. The zero-order valence-corrected chi connectivity index (χ0v) is 20.4. The molecule has 0 bridgehead atoms. The van der Waals surface area contributed by atoms with Crippen molar-refractivity contribution in [3.63, 3.8) is 0 Å². The largest absolute Gasteiger partial charge is 4.00 e. The van der Waals surface area contributed by atoms with Crippen molar-refractivity contribution in [1.29, 1.82) is 0 Å². The van der Waals surface area contributed by atoms with Gasteiger partial charge in [-0.3, -0.25) is 0 Å². The summed E-state index contributed by atoms with van der Waals surface area (Å²) in [6, 6.07) is 0. The third-order valence-corrected chi connectivity index (χ3v) is 0. The first kappa shape index (κ1) is 501. The van der Waals surface area contributed by atoms with E-state index in [0.717, 1.165) is 0 Å². The molecule has 0 saturated carbocycles. The smallest absolute Gasteiger partial charge is 1.00 e. The molecule has 7 N–H and O–H groups in total. The maximum atomic E-state index is 0. The van der Waals surface area contributed by atoms with Crippen LogP contribution < -0.4 is 86.8 Å². The Labute approximate surface area is 209 Å². The molecule has 0 heterocycles. The van der Waals surface area contributed by atoms with Gasteiger partial charge in [0.1, 0.15) is 0 Å². The second-order valence-electron chi connectivity index (χ2n) is 0. The molecule has 0 rings (SSSR count). The summed E-state index contributed by atoms with van der Waals surface area (Å²) in [6.07, 6.45) is 0. The maximum Gasteiger partial charge on any atom is 4.00 e. The van der Waals surface area contributed by atoms with E-state index >= 15 is 0 Å². The molecule has 0 aliphatic rings. The first-order chi connectivity index (χ1) is 0. The van der Waals surface area contributed by atoms with E-state index in [1.807, 2.05) is 0 Å². The Bertz CT molecular complexity index is 31.8. The maximum absolute atomic E-state index is 0. The van der Waals surface area contributed by atoms with Gasteiger partial charge >= 0.3 is 87.1 Å². The Morgan fingerprint density at radius 1 is 0.222 bits per heavy atom. The Morgan fingerprint density at radius 2 is 0.222 bits per heavy atom. The molecular formula is H7Al2Cl7O7Zr2. The first-order valence-electron chi connectivity index (χ1n) is 0. The van der Waals surface area contributed by atoms with E-state index in [4.69, 9.17) is 0 Å². The molecule has 0 saturated heterocycles. The van der Waals surface area contributed by atoms with E-state index < -0.39 is 0 Å². The summed E-state index contributed by atoms with van der Waals surface area (Å²) in [5.74, 6) is 0. The van der Waals surface area contributed by atoms with Gasteiger partial charge in [0.25, 0.3) is 0 Å². The van der Waals surface area contributed by atoms with Crippen molar-refractivity contribution in [2.75, 3.05) is 0 Å². The van der Waals surface area contributed by atoms with Crippen molar-refractivity contribution in [3.8, 4) is 0 Å².